The maximum atomic E-state index is 12.4. The van der Waals surface area contributed by atoms with Crippen LogP contribution in [0.3, 0.4) is 0 Å². The van der Waals surface area contributed by atoms with E-state index in [1.165, 1.54) is 30.6 Å². The summed E-state index contributed by atoms with van der Waals surface area (Å²) in [5.41, 5.74) is -0.199. The standard InChI is InChI=1S/C18H31N5O2.HI/c1-4-17(2)14(24)23(16(25)21-17)11-6-10-20-15(19-3)22-12-9-18(13-22)7-5-8-18;/h4-13H2,1-3H3,(H,19,20)(H,21,25);1H. The molecule has 2 saturated heterocycles. The van der Waals surface area contributed by atoms with E-state index < -0.39 is 5.54 Å². The zero-order valence-corrected chi connectivity index (χ0v) is 18.5. The van der Waals surface area contributed by atoms with Gasteiger partial charge in [0.05, 0.1) is 0 Å². The number of likely N-dealkylation sites (tertiary alicyclic amines) is 1. The van der Waals surface area contributed by atoms with E-state index in [9.17, 15) is 9.59 Å². The van der Waals surface area contributed by atoms with Crippen molar-refractivity contribution in [3.05, 3.63) is 0 Å². The predicted octanol–water partition coefficient (Wildman–Crippen LogP) is 2.17. The molecular formula is C18H32IN5O2. The topological polar surface area (TPSA) is 77.0 Å². The molecule has 2 heterocycles. The maximum absolute atomic E-state index is 12.4. The van der Waals surface area contributed by atoms with Gasteiger partial charge in [-0.3, -0.25) is 14.7 Å². The van der Waals surface area contributed by atoms with E-state index in [1.807, 2.05) is 14.0 Å². The minimum atomic E-state index is -0.743. The third-order valence-electron chi connectivity index (χ3n) is 6.26. The zero-order valence-electron chi connectivity index (χ0n) is 16.1. The molecule has 0 bridgehead atoms. The first kappa shape index (κ1) is 21.2. The smallest absolute Gasteiger partial charge is 0.325 e. The molecule has 1 unspecified atom stereocenters. The monoisotopic (exact) mass is 477 g/mol. The lowest BCUT2D eigenvalue weighted by Crippen LogP contribution is -2.44. The minimum Gasteiger partial charge on any atom is -0.356 e. The van der Waals surface area contributed by atoms with Gasteiger partial charge in [0.1, 0.15) is 5.54 Å². The zero-order chi connectivity index (χ0) is 18.1. The fourth-order valence-electron chi connectivity index (χ4n) is 4.16. The lowest BCUT2D eigenvalue weighted by atomic mass is 9.68. The molecule has 0 aromatic heterocycles. The number of hydrogen-bond acceptors (Lipinski definition) is 3. The van der Waals surface area contributed by atoms with Crippen molar-refractivity contribution in [1.29, 1.82) is 0 Å². The predicted molar refractivity (Wildman–Crippen MR) is 113 cm³/mol. The van der Waals surface area contributed by atoms with Gasteiger partial charge >= 0.3 is 6.03 Å². The van der Waals surface area contributed by atoms with Crippen LogP contribution >= 0.6 is 24.0 Å². The van der Waals surface area contributed by atoms with Gasteiger partial charge in [-0.2, -0.15) is 0 Å². The molecule has 2 N–H and O–H groups in total. The van der Waals surface area contributed by atoms with Gasteiger partial charge in [0.2, 0.25) is 0 Å². The molecule has 1 aliphatic carbocycles. The third kappa shape index (κ3) is 3.94. The summed E-state index contributed by atoms with van der Waals surface area (Å²) in [5.74, 6) is 0.829. The first-order valence-electron chi connectivity index (χ1n) is 9.53. The van der Waals surface area contributed by atoms with Crippen LogP contribution in [0.25, 0.3) is 0 Å². The lowest BCUT2D eigenvalue weighted by Gasteiger charge is -2.38. The number of nitrogens with zero attached hydrogens (tertiary/aromatic N) is 3. The second-order valence-electron chi connectivity index (χ2n) is 7.93. The molecule has 3 fully saturated rings. The highest BCUT2D eigenvalue weighted by atomic mass is 127. The Morgan fingerprint density at radius 1 is 1.31 bits per heavy atom. The van der Waals surface area contributed by atoms with Crippen LogP contribution in [-0.4, -0.2) is 66.5 Å². The Morgan fingerprint density at radius 3 is 2.54 bits per heavy atom. The highest BCUT2D eigenvalue weighted by Gasteiger charge is 2.46. The SMILES string of the molecule is CCC1(C)NC(=O)N(CCCNC(=NC)N2CCC3(CCC3)C2)C1=O.I. The Balaban J connectivity index is 0.00000243. The van der Waals surface area contributed by atoms with Crippen LogP contribution < -0.4 is 10.6 Å². The summed E-state index contributed by atoms with van der Waals surface area (Å²) in [7, 11) is 1.82. The number of imide groups is 1. The van der Waals surface area contributed by atoms with E-state index >= 15 is 0 Å². The molecule has 8 heteroatoms. The molecule has 2 aliphatic heterocycles. The summed E-state index contributed by atoms with van der Waals surface area (Å²) in [5, 5.41) is 6.18. The summed E-state index contributed by atoms with van der Waals surface area (Å²) < 4.78 is 0. The number of nitrogens with one attached hydrogen (secondary N) is 2. The van der Waals surface area contributed by atoms with Gasteiger partial charge in [0.25, 0.3) is 5.91 Å². The number of amides is 3. The Bertz CT molecular complexity index is 578. The summed E-state index contributed by atoms with van der Waals surface area (Å²) in [4.78, 5) is 32.5. The van der Waals surface area contributed by atoms with Gasteiger partial charge in [0.15, 0.2) is 5.96 Å². The fraction of sp³-hybridized carbons (Fsp3) is 0.833. The van der Waals surface area contributed by atoms with Crippen molar-refractivity contribution >= 4 is 41.9 Å². The molecule has 148 valence electrons. The second kappa shape index (κ2) is 8.31. The van der Waals surface area contributed by atoms with Crippen LogP contribution in [0.1, 0.15) is 52.4 Å². The molecule has 0 aromatic carbocycles. The highest BCUT2D eigenvalue weighted by Crippen LogP contribution is 2.47. The van der Waals surface area contributed by atoms with Crippen LogP contribution in [0.2, 0.25) is 0 Å². The number of rotatable bonds is 5. The van der Waals surface area contributed by atoms with Crippen LogP contribution in [0.4, 0.5) is 4.79 Å². The number of carbonyl (C=O) groups excluding carboxylic acids is 2. The van der Waals surface area contributed by atoms with Crippen molar-refractivity contribution in [2.75, 3.05) is 33.2 Å². The average molecular weight is 477 g/mol. The molecule has 7 nitrogen and oxygen atoms in total. The van der Waals surface area contributed by atoms with E-state index in [2.05, 4.69) is 20.5 Å². The minimum absolute atomic E-state index is 0. The summed E-state index contributed by atoms with van der Waals surface area (Å²) in [6.45, 7) is 7.02. The molecule has 0 aromatic rings. The van der Waals surface area contributed by atoms with E-state index in [-0.39, 0.29) is 35.9 Å². The molecule has 3 amide bonds. The Morgan fingerprint density at radius 2 is 2.04 bits per heavy atom. The van der Waals surface area contributed by atoms with E-state index in [1.54, 1.807) is 6.92 Å². The van der Waals surface area contributed by atoms with Crippen molar-refractivity contribution < 1.29 is 9.59 Å². The average Bonchev–Trinajstić information content (AvgIpc) is 3.10. The van der Waals surface area contributed by atoms with Gasteiger partial charge in [-0.05, 0) is 44.4 Å². The molecule has 1 saturated carbocycles. The van der Waals surface area contributed by atoms with Crippen molar-refractivity contribution in [2.24, 2.45) is 10.4 Å². The number of carbonyl (C=O) groups is 2. The summed E-state index contributed by atoms with van der Waals surface area (Å²) in [6, 6.07) is -0.273. The Kier molecular flexibility index (Phi) is 6.79. The first-order valence-corrected chi connectivity index (χ1v) is 9.53. The van der Waals surface area contributed by atoms with Gasteiger partial charge in [-0.15, -0.1) is 24.0 Å². The molecular weight excluding hydrogens is 445 g/mol. The normalized spacial score (nSPS) is 27.4. The van der Waals surface area contributed by atoms with Crippen LogP contribution in [-0.2, 0) is 4.79 Å². The molecule has 1 spiro atoms. The third-order valence-corrected chi connectivity index (χ3v) is 6.26. The molecule has 26 heavy (non-hydrogen) atoms. The number of aliphatic imine (C=N–C) groups is 1. The highest BCUT2D eigenvalue weighted by molar-refractivity contribution is 14.0. The first-order chi connectivity index (χ1) is 11.9. The largest absolute Gasteiger partial charge is 0.356 e. The Hall–Kier alpha value is -1.06. The van der Waals surface area contributed by atoms with Gasteiger partial charge in [-0.25, -0.2) is 4.79 Å². The second-order valence-corrected chi connectivity index (χ2v) is 7.93. The van der Waals surface area contributed by atoms with Gasteiger partial charge in [0, 0.05) is 33.2 Å². The van der Waals surface area contributed by atoms with E-state index in [0.717, 1.165) is 25.5 Å². The van der Waals surface area contributed by atoms with Crippen molar-refractivity contribution in [3.63, 3.8) is 0 Å². The fourth-order valence-corrected chi connectivity index (χ4v) is 4.16. The number of guanidine groups is 1. The van der Waals surface area contributed by atoms with Gasteiger partial charge in [-0.1, -0.05) is 13.3 Å². The number of halogens is 1. The molecule has 3 rings (SSSR count). The quantitative estimate of drug-likeness (QED) is 0.209. The van der Waals surface area contributed by atoms with Crippen molar-refractivity contribution in [1.82, 2.24) is 20.4 Å². The van der Waals surface area contributed by atoms with E-state index in [0.29, 0.717) is 24.9 Å². The summed E-state index contributed by atoms with van der Waals surface area (Å²) in [6.07, 6.45) is 6.66. The summed E-state index contributed by atoms with van der Waals surface area (Å²) >= 11 is 0. The lowest BCUT2D eigenvalue weighted by molar-refractivity contribution is -0.130. The van der Waals surface area contributed by atoms with Gasteiger partial charge < -0.3 is 15.5 Å². The molecule has 3 aliphatic rings. The molecule has 1 atom stereocenters. The van der Waals surface area contributed by atoms with E-state index in [4.69, 9.17) is 0 Å². The van der Waals surface area contributed by atoms with Crippen molar-refractivity contribution in [2.45, 2.75) is 57.9 Å². The van der Waals surface area contributed by atoms with Crippen LogP contribution in [0.15, 0.2) is 4.99 Å². The number of urea groups is 1. The molecule has 0 radical (unpaired) electrons. The van der Waals surface area contributed by atoms with Crippen LogP contribution in [0.5, 0.6) is 0 Å². The maximum Gasteiger partial charge on any atom is 0.325 e. The number of hydrogen-bond donors (Lipinski definition) is 2. The van der Waals surface area contributed by atoms with Crippen LogP contribution in [0, 0.1) is 5.41 Å². The Labute approximate surface area is 173 Å². The van der Waals surface area contributed by atoms with Crippen molar-refractivity contribution in [3.8, 4) is 0 Å².